The lowest BCUT2D eigenvalue weighted by Gasteiger charge is -2.13. The van der Waals surface area contributed by atoms with Gasteiger partial charge < -0.3 is 0 Å². The molecule has 0 atom stereocenters. The van der Waals surface area contributed by atoms with E-state index >= 15 is 0 Å². The summed E-state index contributed by atoms with van der Waals surface area (Å²) >= 11 is 16.2. The summed E-state index contributed by atoms with van der Waals surface area (Å²) in [5, 5.41) is 0.552. The summed E-state index contributed by atoms with van der Waals surface area (Å²) in [7, 11) is 0. The van der Waals surface area contributed by atoms with Crippen molar-refractivity contribution in [3.63, 3.8) is 0 Å². The molecule has 0 spiro atoms. The van der Waals surface area contributed by atoms with E-state index in [1.807, 2.05) is 24.3 Å². The van der Waals surface area contributed by atoms with Crippen molar-refractivity contribution in [2.75, 3.05) is 0 Å². The molecule has 2 aromatic rings. The van der Waals surface area contributed by atoms with E-state index < -0.39 is 0 Å². The van der Waals surface area contributed by atoms with Gasteiger partial charge in [0, 0.05) is 4.47 Å². The van der Waals surface area contributed by atoms with E-state index in [0.29, 0.717) is 15.0 Å². The molecule has 0 aromatic heterocycles. The van der Waals surface area contributed by atoms with Gasteiger partial charge in [0.1, 0.15) is 0 Å². The lowest BCUT2D eigenvalue weighted by atomic mass is 10.2. The van der Waals surface area contributed by atoms with Crippen molar-refractivity contribution in [3.05, 3.63) is 73.0 Å². The average molecular weight is 443 g/mol. The smallest absolute Gasteiger partial charge is 0.268 e. The normalized spacial score (nSPS) is 16.3. The van der Waals surface area contributed by atoms with Crippen LogP contribution in [-0.2, 0) is 11.3 Å². The Balaban J connectivity index is 1.84. The van der Waals surface area contributed by atoms with Gasteiger partial charge in [-0.15, -0.1) is 0 Å². The molecule has 2 aromatic carbocycles. The highest BCUT2D eigenvalue weighted by molar-refractivity contribution is 9.10. The van der Waals surface area contributed by atoms with Crippen molar-refractivity contribution < 1.29 is 9.59 Å². The fourth-order valence-electron chi connectivity index (χ4n) is 2.19. The van der Waals surface area contributed by atoms with E-state index in [-0.39, 0.29) is 17.7 Å². The van der Waals surface area contributed by atoms with Crippen molar-refractivity contribution in [3.8, 4) is 0 Å². The van der Waals surface area contributed by atoms with Gasteiger partial charge in [0.25, 0.3) is 11.1 Å². The number of hydrogen-bond acceptors (Lipinski definition) is 3. The van der Waals surface area contributed by atoms with Crippen LogP contribution in [-0.4, -0.2) is 16.0 Å². The zero-order chi connectivity index (χ0) is 17.3. The monoisotopic (exact) mass is 441 g/mol. The van der Waals surface area contributed by atoms with Gasteiger partial charge in [-0.25, -0.2) is 0 Å². The lowest BCUT2D eigenvalue weighted by molar-refractivity contribution is -0.123. The minimum absolute atomic E-state index is 0.227. The summed E-state index contributed by atoms with van der Waals surface area (Å²) in [6.07, 6.45) is 1.65. The van der Waals surface area contributed by atoms with E-state index in [9.17, 15) is 9.59 Å². The molecule has 1 heterocycles. The molecule has 1 aliphatic rings. The Morgan fingerprint density at radius 2 is 1.83 bits per heavy atom. The summed E-state index contributed by atoms with van der Waals surface area (Å²) < 4.78 is 0.859. The van der Waals surface area contributed by atoms with E-state index in [1.54, 1.807) is 24.3 Å². The van der Waals surface area contributed by atoms with Crippen molar-refractivity contribution >= 4 is 68.1 Å². The van der Waals surface area contributed by atoms with Crippen molar-refractivity contribution in [1.29, 1.82) is 0 Å². The molecule has 0 N–H and O–H groups in total. The second-order valence-corrected chi connectivity index (χ2v) is 7.69. The molecule has 7 heteroatoms. The van der Waals surface area contributed by atoms with Gasteiger partial charge in [-0.05, 0) is 47.2 Å². The number of halogens is 3. The van der Waals surface area contributed by atoms with Gasteiger partial charge in [-0.2, -0.15) is 0 Å². The van der Waals surface area contributed by atoms with Crippen LogP contribution in [0.25, 0.3) is 6.08 Å². The van der Waals surface area contributed by atoms with Crippen molar-refractivity contribution in [2.45, 2.75) is 6.54 Å². The number of amides is 2. The first-order chi connectivity index (χ1) is 11.5. The standard InChI is InChI=1S/C17H10BrCl2NO2S/c18-12-4-2-1-3-11(12)9-21-16(22)15(24-17(21)23)8-10-5-6-13(19)14(20)7-10/h1-8H,9H2/b15-8-. The Morgan fingerprint density at radius 3 is 2.54 bits per heavy atom. The molecule has 1 fully saturated rings. The number of thioether (sulfide) groups is 1. The zero-order valence-corrected chi connectivity index (χ0v) is 16.0. The van der Waals surface area contributed by atoms with Gasteiger partial charge >= 0.3 is 0 Å². The molecule has 1 saturated heterocycles. The third kappa shape index (κ3) is 3.70. The number of carbonyl (C=O) groups is 2. The van der Waals surface area contributed by atoms with E-state index in [1.165, 1.54) is 4.90 Å². The van der Waals surface area contributed by atoms with Crippen LogP contribution in [0, 0.1) is 0 Å². The van der Waals surface area contributed by atoms with Gasteiger partial charge in [0.2, 0.25) is 0 Å². The van der Waals surface area contributed by atoms with Crippen LogP contribution < -0.4 is 0 Å². The van der Waals surface area contributed by atoms with Crippen molar-refractivity contribution in [2.24, 2.45) is 0 Å². The maximum Gasteiger partial charge on any atom is 0.293 e. The van der Waals surface area contributed by atoms with Crippen LogP contribution in [0.5, 0.6) is 0 Å². The van der Waals surface area contributed by atoms with Crippen LogP contribution in [0.3, 0.4) is 0 Å². The Labute approximate surface area is 161 Å². The van der Waals surface area contributed by atoms with E-state index in [4.69, 9.17) is 23.2 Å². The first-order valence-corrected chi connectivity index (χ1v) is 9.26. The molecule has 0 unspecified atom stereocenters. The molecular weight excluding hydrogens is 433 g/mol. The molecule has 24 heavy (non-hydrogen) atoms. The zero-order valence-electron chi connectivity index (χ0n) is 12.1. The first kappa shape index (κ1) is 17.5. The Kier molecular flexibility index (Phi) is 5.35. The maximum atomic E-state index is 12.5. The molecular formula is C17H10BrCl2NO2S. The second kappa shape index (κ2) is 7.31. The fraction of sp³-hybridized carbons (Fsp3) is 0.0588. The molecule has 0 saturated carbocycles. The third-order valence-electron chi connectivity index (χ3n) is 3.40. The fourth-order valence-corrected chi connectivity index (χ4v) is 3.74. The van der Waals surface area contributed by atoms with Gasteiger partial charge in [0.05, 0.1) is 21.5 Å². The Morgan fingerprint density at radius 1 is 1.08 bits per heavy atom. The molecule has 0 radical (unpaired) electrons. The molecule has 3 rings (SSSR count). The average Bonchev–Trinajstić information content (AvgIpc) is 2.80. The summed E-state index contributed by atoms with van der Waals surface area (Å²) in [6, 6.07) is 12.6. The third-order valence-corrected chi connectivity index (χ3v) is 5.82. The van der Waals surface area contributed by atoms with Gasteiger partial charge in [-0.1, -0.05) is 63.4 Å². The summed E-state index contributed by atoms with van der Waals surface area (Å²) in [5.74, 6) is -0.313. The molecule has 0 aliphatic carbocycles. The van der Waals surface area contributed by atoms with E-state index in [2.05, 4.69) is 15.9 Å². The van der Waals surface area contributed by atoms with Gasteiger partial charge in [0.15, 0.2) is 0 Å². The molecule has 0 bridgehead atoms. The molecule has 1 aliphatic heterocycles. The van der Waals surface area contributed by atoms with Crippen LogP contribution in [0.4, 0.5) is 4.79 Å². The number of benzene rings is 2. The summed E-state index contributed by atoms with van der Waals surface area (Å²) in [5.41, 5.74) is 1.59. The largest absolute Gasteiger partial charge is 0.293 e. The number of imide groups is 1. The summed E-state index contributed by atoms with van der Waals surface area (Å²) in [6.45, 7) is 0.227. The number of hydrogen-bond donors (Lipinski definition) is 0. The number of rotatable bonds is 3. The van der Waals surface area contributed by atoms with Crippen LogP contribution in [0.1, 0.15) is 11.1 Å². The topological polar surface area (TPSA) is 37.4 Å². The highest BCUT2D eigenvalue weighted by Gasteiger charge is 2.35. The second-order valence-electron chi connectivity index (χ2n) is 5.03. The number of carbonyl (C=O) groups excluding carboxylic acids is 2. The van der Waals surface area contributed by atoms with Crippen LogP contribution in [0.15, 0.2) is 51.8 Å². The summed E-state index contributed by atoms with van der Waals surface area (Å²) in [4.78, 5) is 26.3. The van der Waals surface area contributed by atoms with E-state index in [0.717, 1.165) is 27.4 Å². The maximum absolute atomic E-state index is 12.5. The SMILES string of the molecule is O=C1S/C(=C\c2ccc(Cl)c(Cl)c2)C(=O)N1Cc1ccccc1Br. The lowest BCUT2D eigenvalue weighted by Crippen LogP contribution is -2.27. The minimum atomic E-state index is -0.313. The van der Waals surface area contributed by atoms with Crippen molar-refractivity contribution in [1.82, 2.24) is 4.90 Å². The van der Waals surface area contributed by atoms with Gasteiger partial charge in [-0.3, -0.25) is 14.5 Å². The van der Waals surface area contributed by atoms with Crippen LogP contribution in [0.2, 0.25) is 10.0 Å². The predicted octanol–water partition coefficient (Wildman–Crippen LogP) is 5.99. The molecule has 122 valence electrons. The Hall–Kier alpha value is -1.27. The molecule has 2 amide bonds. The molecule has 3 nitrogen and oxygen atoms in total. The quantitative estimate of drug-likeness (QED) is 0.547. The minimum Gasteiger partial charge on any atom is -0.268 e. The Bertz CT molecular complexity index is 869. The first-order valence-electron chi connectivity index (χ1n) is 6.89. The highest BCUT2D eigenvalue weighted by Crippen LogP contribution is 2.34. The highest BCUT2D eigenvalue weighted by atomic mass is 79.9. The number of nitrogens with zero attached hydrogens (tertiary/aromatic N) is 1. The van der Waals surface area contributed by atoms with Crippen LogP contribution >= 0.6 is 50.9 Å². The predicted molar refractivity (Wildman–Crippen MR) is 102 cm³/mol.